The lowest BCUT2D eigenvalue weighted by Gasteiger charge is -2.14. The summed E-state index contributed by atoms with van der Waals surface area (Å²) in [6.45, 7) is 2.83. The van der Waals surface area contributed by atoms with Crippen LogP contribution < -0.4 is 10.1 Å². The third-order valence-corrected chi connectivity index (χ3v) is 2.82. The molecule has 0 aliphatic heterocycles. The van der Waals surface area contributed by atoms with E-state index in [0.29, 0.717) is 6.54 Å². The number of benzene rings is 1. The lowest BCUT2D eigenvalue weighted by atomic mass is 10.1. The molecule has 94 valence electrons. The third-order valence-electron chi connectivity index (χ3n) is 2.82. The van der Waals surface area contributed by atoms with Crippen molar-refractivity contribution >= 4 is 0 Å². The van der Waals surface area contributed by atoms with Gasteiger partial charge < -0.3 is 10.1 Å². The van der Waals surface area contributed by atoms with E-state index in [-0.39, 0.29) is 6.04 Å². The first-order chi connectivity index (χ1) is 8.79. The molecule has 0 radical (unpaired) electrons. The summed E-state index contributed by atoms with van der Waals surface area (Å²) < 4.78 is 5.14. The smallest absolute Gasteiger partial charge is 0.118 e. The van der Waals surface area contributed by atoms with E-state index >= 15 is 0 Å². The van der Waals surface area contributed by atoms with E-state index in [1.165, 1.54) is 5.56 Å². The van der Waals surface area contributed by atoms with E-state index < -0.39 is 0 Å². The maximum atomic E-state index is 5.14. The molecule has 0 saturated carbocycles. The fourth-order valence-electron chi connectivity index (χ4n) is 1.69. The minimum atomic E-state index is 0.262. The molecule has 18 heavy (non-hydrogen) atoms. The first-order valence-corrected chi connectivity index (χ1v) is 5.92. The standard InChI is InChI=1S/C14H17N3O/c1-11(12-3-5-14(18-2)6-4-12)17-10-13-9-15-7-8-16-13/h3-9,11,17H,10H2,1-2H3/t11-/m1/s1. The van der Waals surface area contributed by atoms with Gasteiger partial charge in [0, 0.05) is 31.2 Å². The van der Waals surface area contributed by atoms with Gasteiger partial charge in [-0.2, -0.15) is 0 Å². The lowest BCUT2D eigenvalue weighted by Crippen LogP contribution is -2.18. The van der Waals surface area contributed by atoms with Crippen LogP contribution in [0.3, 0.4) is 0 Å². The molecular formula is C14H17N3O. The molecule has 2 aromatic rings. The second-order valence-electron chi connectivity index (χ2n) is 4.07. The molecule has 0 aliphatic carbocycles. The maximum absolute atomic E-state index is 5.14. The van der Waals surface area contributed by atoms with Crippen molar-refractivity contribution in [2.45, 2.75) is 19.5 Å². The molecule has 0 unspecified atom stereocenters. The molecule has 1 N–H and O–H groups in total. The van der Waals surface area contributed by atoms with Crippen molar-refractivity contribution < 1.29 is 4.74 Å². The van der Waals surface area contributed by atoms with Gasteiger partial charge >= 0.3 is 0 Å². The van der Waals surface area contributed by atoms with E-state index in [0.717, 1.165) is 11.4 Å². The maximum Gasteiger partial charge on any atom is 0.118 e. The van der Waals surface area contributed by atoms with Crippen LogP contribution in [0.1, 0.15) is 24.2 Å². The summed E-state index contributed by atoms with van der Waals surface area (Å²) in [4.78, 5) is 8.27. The molecule has 0 aliphatic rings. The summed E-state index contributed by atoms with van der Waals surface area (Å²) in [6, 6.07) is 8.32. The van der Waals surface area contributed by atoms with Gasteiger partial charge in [-0.25, -0.2) is 0 Å². The Morgan fingerprint density at radius 2 is 2.00 bits per heavy atom. The van der Waals surface area contributed by atoms with E-state index in [1.54, 1.807) is 25.7 Å². The summed E-state index contributed by atoms with van der Waals surface area (Å²) in [7, 11) is 1.67. The van der Waals surface area contributed by atoms with Crippen LogP contribution in [0.4, 0.5) is 0 Å². The van der Waals surface area contributed by atoms with Crippen molar-refractivity contribution in [3.8, 4) is 5.75 Å². The molecule has 0 saturated heterocycles. The average molecular weight is 243 g/mol. The van der Waals surface area contributed by atoms with Crippen LogP contribution >= 0.6 is 0 Å². The summed E-state index contributed by atoms with van der Waals surface area (Å²) >= 11 is 0. The molecular weight excluding hydrogens is 226 g/mol. The highest BCUT2D eigenvalue weighted by Gasteiger charge is 2.05. The minimum absolute atomic E-state index is 0.262. The van der Waals surface area contributed by atoms with Crippen molar-refractivity contribution in [3.05, 3.63) is 54.1 Å². The topological polar surface area (TPSA) is 47.0 Å². The van der Waals surface area contributed by atoms with Crippen LogP contribution in [0.2, 0.25) is 0 Å². The van der Waals surface area contributed by atoms with E-state index in [9.17, 15) is 0 Å². The molecule has 0 fully saturated rings. The molecule has 0 spiro atoms. The Bertz CT molecular complexity index is 470. The molecule has 0 amide bonds. The number of aromatic nitrogens is 2. The Hall–Kier alpha value is -1.94. The molecule has 1 atom stereocenters. The number of nitrogens with one attached hydrogen (secondary N) is 1. The Balaban J connectivity index is 1.93. The number of nitrogens with zero attached hydrogens (tertiary/aromatic N) is 2. The number of hydrogen-bond acceptors (Lipinski definition) is 4. The fraction of sp³-hybridized carbons (Fsp3) is 0.286. The van der Waals surface area contributed by atoms with E-state index in [1.807, 2.05) is 12.1 Å². The monoisotopic (exact) mass is 243 g/mol. The SMILES string of the molecule is COc1ccc([C@@H](C)NCc2cnccn2)cc1. The highest BCUT2D eigenvalue weighted by molar-refractivity contribution is 5.28. The van der Waals surface area contributed by atoms with Gasteiger partial charge in [0.2, 0.25) is 0 Å². The second-order valence-corrected chi connectivity index (χ2v) is 4.07. The first kappa shape index (κ1) is 12.5. The highest BCUT2D eigenvalue weighted by Crippen LogP contribution is 2.17. The second kappa shape index (κ2) is 6.12. The van der Waals surface area contributed by atoms with Gasteiger partial charge in [0.05, 0.1) is 12.8 Å². The fourth-order valence-corrected chi connectivity index (χ4v) is 1.69. The van der Waals surface area contributed by atoms with Gasteiger partial charge in [0.1, 0.15) is 5.75 Å². The normalized spacial score (nSPS) is 12.1. The molecule has 1 aromatic heterocycles. The molecule has 1 heterocycles. The van der Waals surface area contributed by atoms with Gasteiger partial charge in [0.25, 0.3) is 0 Å². The van der Waals surface area contributed by atoms with Crippen molar-refractivity contribution in [3.63, 3.8) is 0 Å². The number of methoxy groups -OCH3 is 1. The zero-order chi connectivity index (χ0) is 12.8. The zero-order valence-corrected chi connectivity index (χ0v) is 10.6. The van der Waals surface area contributed by atoms with Crippen LogP contribution in [-0.4, -0.2) is 17.1 Å². The van der Waals surface area contributed by atoms with Crippen LogP contribution in [0, 0.1) is 0 Å². The first-order valence-electron chi connectivity index (χ1n) is 5.92. The molecule has 4 heteroatoms. The van der Waals surface area contributed by atoms with Crippen molar-refractivity contribution in [1.29, 1.82) is 0 Å². The quantitative estimate of drug-likeness (QED) is 0.875. The predicted octanol–water partition coefficient (Wildman–Crippen LogP) is 2.34. The van der Waals surface area contributed by atoms with Crippen molar-refractivity contribution in [2.24, 2.45) is 0 Å². The van der Waals surface area contributed by atoms with Gasteiger partial charge in [-0.15, -0.1) is 0 Å². The Morgan fingerprint density at radius 3 is 2.61 bits per heavy atom. The van der Waals surface area contributed by atoms with Gasteiger partial charge in [0.15, 0.2) is 0 Å². The Kier molecular flexibility index (Phi) is 4.25. The van der Waals surface area contributed by atoms with Crippen LogP contribution in [-0.2, 0) is 6.54 Å². The molecule has 0 bridgehead atoms. The van der Waals surface area contributed by atoms with E-state index in [4.69, 9.17) is 4.74 Å². The number of rotatable bonds is 5. The molecule has 4 nitrogen and oxygen atoms in total. The summed E-state index contributed by atoms with van der Waals surface area (Å²) in [5, 5.41) is 3.41. The largest absolute Gasteiger partial charge is 0.497 e. The third kappa shape index (κ3) is 3.28. The number of hydrogen-bond donors (Lipinski definition) is 1. The Labute approximate surface area is 107 Å². The zero-order valence-electron chi connectivity index (χ0n) is 10.6. The number of ether oxygens (including phenoxy) is 1. The summed E-state index contributed by atoms with van der Waals surface area (Å²) in [5.74, 6) is 0.875. The summed E-state index contributed by atoms with van der Waals surface area (Å²) in [6.07, 6.45) is 5.15. The lowest BCUT2D eigenvalue weighted by molar-refractivity contribution is 0.414. The van der Waals surface area contributed by atoms with Crippen LogP contribution in [0.15, 0.2) is 42.9 Å². The molecule has 1 aromatic carbocycles. The highest BCUT2D eigenvalue weighted by atomic mass is 16.5. The van der Waals surface area contributed by atoms with Gasteiger partial charge in [-0.1, -0.05) is 12.1 Å². The average Bonchev–Trinajstić information content (AvgIpc) is 2.46. The Morgan fingerprint density at radius 1 is 1.22 bits per heavy atom. The van der Waals surface area contributed by atoms with Gasteiger partial charge in [-0.05, 0) is 24.6 Å². The van der Waals surface area contributed by atoms with Crippen molar-refractivity contribution in [2.75, 3.05) is 7.11 Å². The van der Waals surface area contributed by atoms with Crippen LogP contribution in [0.25, 0.3) is 0 Å². The van der Waals surface area contributed by atoms with Crippen molar-refractivity contribution in [1.82, 2.24) is 15.3 Å². The van der Waals surface area contributed by atoms with Crippen LogP contribution in [0.5, 0.6) is 5.75 Å². The predicted molar refractivity (Wildman–Crippen MR) is 70.3 cm³/mol. The van der Waals surface area contributed by atoms with E-state index in [2.05, 4.69) is 34.3 Å². The molecule has 2 rings (SSSR count). The summed E-state index contributed by atoms with van der Waals surface area (Å²) in [5.41, 5.74) is 2.16. The minimum Gasteiger partial charge on any atom is -0.497 e. The van der Waals surface area contributed by atoms with Gasteiger partial charge in [-0.3, -0.25) is 9.97 Å².